The van der Waals surface area contributed by atoms with Crippen molar-refractivity contribution < 1.29 is 17.9 Å². The van der Waals surface area contributed by atoms with E-state index in [-0.39, 0.29) is 13.2 Å². The van der Waals surface area contributed by atoms with Crippen molar-refractivity contribution in [2.45, 2.75) is 39.0 Å². The van der Waals surface area contributed by atoms with Gasteiger partial charge in [0.2, 0.25) is 0 Å². The summed E-state index contributed by atoms with van der Waals surface area (Å²) in [5.74, 6) is 0. The van der Waals surface area contributed by atoms with Crippen LogP contribution in [0.1, 0.15) is 32.6 Å². The molecule has 1 fully saturated rings. The van der Waals surface area contributed by atoms with E-state index in [1.807, 2.05) is 0 Å². The third-order valence-corrected chi connectivity index (χ3v) is 2.78. The Morgan fingerprint density at radius 2 is 2.00 bits per heavy atom. The molecule has 0 aliphatic heterocycles. The largest absolute Gasteiger partial charge is 0.522 e. The summed E-state index contributed by atoms with van der Waals surface area (Å²) in [7, 11) is 0. The van der Waals surface area contributed by atoms with Crippen LogP contribution in [0.2, 0.25) is 0 Å². The Morgan fingerprint density at radius 3 is 2.47 bits per heavy atom. The molecular formula is C10H18F3NO. The second-order valence-corrected chi connectivity index (χ2v) is 4.22. The zero-order valence-corrected chi connectivity index (χ0v) is 8.99. The van der Waals surface area contributed by atoms with Gasteiger partial charge in [0, 0.05) is 13.1 Å². The van der Waals surface area contributed by atoms with E-state index in [2.05, 4.69) is 17.0 Å². The Hall–Kier alpha value is -0.290. The third-order valence-electron chi connectivity index (χ3n) is 2.78. The van der Waals surface area contributed by atoms with Gasteiger partial charge in [0.05, 0.1) is 6.61 Å². The van der Waals surface area contributed by atoms with E-state index in [0.717, 1.165) is 13.0 Å². The first kappa shape index (κ1) is 12.8. The Kier molecular flexibility index (Phi) is 4.40. The van der Waals surface area contributed by atoms with Crippen LogP contribution in [0.5, 0.6) is 0 Å². The molecule has 0 bridgehead atoms. The minimum Gasteiger partial charge on any atom is -0.314 e. The van der Waals surface area contributed by atoms with Crippen LogP contribution in [-0.4, -0.2) is 26.1 Å². The SMILES string of the molecule is CCCC1(CNCCOC(F)(F)F)CC1. The Balaban J connectivity index is 1.98. The molecule has 1 N–H and O–H groups in total. The normalized spacial score (nSPS) is 19.2. The maximum absolute atomic E-state index is 11.6. The van der Waals surface area contributed by atoms with Crippen LogP contribution in [0, 0.1) is 5.41 Å². The standard InChI is InChI=1S/C10H18F3NO/c1-2-3-9(4-5-9)8-14-6-7-15-10(11,12)13/h14H,2-8H2,1H3. The average Bonchev–Trinajstić information content (AvgIpc) is 2.83. The second kappa shape index (κ2) is 5.16. The van der Waals surface area contributed by atoms with Crippen LogP contribution in [0.4, 0.5) is 13.2 Å². The monoisotopic (exact) mass is 225 g/mol. The van der Waals surface area contributed by atoms with E-state index in [0.29, 0.717) is 5.41 Å². The molecule has 0 heterocycles. The first-order valence-electron chi connectivity index (χ1n) is 5.39. The molecule has 0 amide bonds. The number of alkyl halides is 3. The van der Waals surface area contributed by atoms with Crippen molar-refractivity contribution >= 4 is 0 Å². The molecule has 0 atom stereocenters. The zero-order chi connectivity index (χ0) is 11.4. The molecule has 0 aromatic carbocycles. The van der Waals surface area contributed by atoms with Crippen molar-refractivity contribution in [3.63, 3.8) is 0 Å². The minimum absolute atomic E-state index is 0.269. The quantitative estimate of drug-likeness (QED) is 0.673. The van der Waals surface area contributed by atoms with Crippen molar-refractivity contribution in [2.75, 3.05) is 19.7 Å². The van der Waals surface area contributed by atoms with Gasteiger partial charge in [-0.1, -0.05) is 13.3 Å². The highest BCUT2D eigenvalue weighted by Crippen LogP contribution is 2.48. The fraction of sp³-hybridized carbons (Fsp3) is 1.00. The van der Waals surface area contributed by atoms with Gasteiger partial charge < -0.3 is 5.32 Å². The highest BCUT2D eigenvalue weighted by molar-refractivity contribution is 4.94. The lowest BCUT2D eigenvalue weighted by Crippen LogP contribution is -2.29. The predicted octanol–water partition coefficient (Wildman–Crippen LogP) is 2.69. The van der Waals surface area contributed by atoms with E-state index in [9.17, 15) is 13.2 Å². The van der Waals surface area contributed by atoms with Gasteiger partial charge in [-0.05, 0) is 24.7 Å². The summed E-state index contributed by atoms with van der Waals surface area (Å²) >= 11 is 0. The molecule has 0 saturated heterocycles. The highest BCUT2D eigenvalue weighted by atomic mass is 19.4. The average molecular weight is 225 g/mol. The topological polar surface area (TPSA) is 21.3 Å². The summed E-state index contributed by atoms with van der Waals surface area (Å²) in [5, 5.41) is 3.02. The smallest absolute Gasteiger partial charge is 0.314 e. The summed E-state index contributed by atoms with van der Waals surface area (Å²) in [5.41, 5.74) is 0.382. The second-order valence-electron chi connectivity index (χ2n) is 4.22. The fourth-order valence-corrected chi connectivity index (χ4v) is 1.81. The first-order valence-corrected chi connectivity index (χ1v) is 5.39. The molecule has 5 heteroatoms. The number of hydrogen-bond donors (Lipinski definition) is 1. The molecule has 1 aliphatic carbocycles. The van der Waals surface area contributed by atoms with E-state index < -0.39 is 6.36 Å². The molecular weight excluding hydrogens is 207 g/mol. The van der Waals surface area contributed by atoms with Gasteiger partial charge in [0.1, 0.15) is 0 Å². The van der Waals surface area contributed by atoms with E-state index in [1.54, 1.807) is 0 Å². The number of nitrogens with one attached hydrogen (secondary N) is 1. The molecule has 2 nitrogen and oxygen atoms in total. The summed E-state index contributed by atoms with van der Waals surface area (Å²) in [6.45, 7) is 2.92. The van der Waals surface area contributed by atoms with Gasteiger partial charge >= 0.3 is 6.36 Å². The maximum Gasteiger partial charge on any atom is 0.522 e. The zero-order valence-electron chi connectivity index (χ0n) is 8.99. The highest BCUT2D eigenvalue weighted by Gasteiger charge is 2.40. The minimum atomic E-state index is -4.50. The molecule has 0 aromatic heterocycles. The number of rotatable bonds is 7. The maximum atomic E-state index is 11.6. The molecule has 90 valence electrons. The summed E-state index contributed by atoms with van der Waals surface area (Å²) < 4.78 is 38.5. The fourth-order valence-electron chi connectivity index (χ4n) is 1.81. The summed E-state index contributed by atoms with van der Waals surface area (Å²) in [6.07, 6.45) is 0.213. The van der Waals surface area contributed by atoms with Gasteiger partial charge in [-0.15, -0.1) is 13.2 Å². The number of halogens is 3. The molecule has 1 rings (SSSR count). The lowest BCUT2D eigenvalue weighted by Gasteiger charge is -2.15. The van der Waals surface area contributed by atoms with Gasteiger partial charge in [-0.2, -0.15) is 0 Å². The van der Waals surface area contributed by atoms with Crippen LogP contribution in [0.15, 0.2) is 0 Å². The molecule has 1 saturated carbocycles. The van der Waals surface area contributed by atoms with Crippen LogP contribution in [-0.2, 0) is 4.74 Å². The van der Waals surface area contributed by atoms with Crippen LogP contribution in [0.3, 0.4) is 0 Å². The predicted molar refractivity (Wildman–Crippen MR) is 51.5 cm³/mol. The van der Waals surface area contributed by atoms with Gasteiger partial charge in [-0.25, -0.2) is 0 Å². The molecule has 15 heavy (non-hydrogen) atoms. The Labute approximate surface area is 88.2 Å². The van der Waals surface area contributed by atoms with Crippen LogP contribution >= 0.6 is 0 Å². The van der Waals surface area contributed by atoms with Gasteiger partial charge in [0.25, 0.3) is 0 Å². The summed E-state index contributed by atoms with van der Waals surface area (Å²) in [6, 6.07) is 0. The summed E-state index contributed by atoms with van der Waals surface area (Å²) in [4.78, 5) is 0. The van der Waals surface area contributed by atoms with Gasteiger partial charge in [0.15, 0.2) is 0 Å². The van der Waals surface area contributed by atoms with E-state index in [1.165, 1.54) is 19.3 Å². The number of hydrogen-bond acceptors (Lipinski definition) is 2. The van der Waals surface area contributed by atoms with Crippen molar-refractivity contribution in [3.8, 4) is 0 Å². The van der Waals surface area contributed by atoms with E-state index in [4.69, 9.17) is 0 Å². The van der Waals surface area contributed by atoms with Gasteiger partial charge in [-0.3, -0.25) is 4.74 Å². The van der Waals surface area contributed by atoms with Crippen molar-refractivity contribution in [3.05, 3.63) is 0 Å². The van der Waals surface area contributed by atoms with Crippen LogP contribution < -0.4 is 5.32 Å². The van der Waals surface area contributed by atoms with Crippen LogP contribution in [0.25, 0.3) is 0 Å². The van der Waals surface area contributed by atoms with Crippen molar-refractivity contribution in [1.29, 1.82) is 0 Å². The lowest BCUT2D eigenvalue weighted by molar-refractivity contribution is -0.323. The molecule has 0 radical (unpaired) electrons. The molecule has 0 unspecified atom stereocenters. The lowest BCUT2D eigenvalue weighted by atomic mass is 10.0. The van der Waals surface area contributed by atoms with E-state index >= 15 is 0 Å². The molecule has 1 aliphatic rings. The first-order chi connectivity index (χ1) is 6.97. The third kappa shape index (κ3) is 5.37. The van der Waals surface area contributed by atoms with Crippen molar-refractivity contribution in [1.82, 2.24) is 5.32 Å². The Morgan fingerprint density at radius 1 is 1.33 bits per heavy atom. The van der Waals surface area contributed by atoms with Crippen molar-refractivity contribution in [2.24, 2.45) is 5.41 Å². The number of ether oxygens (including phenoxy) is 1. The Bertz CT molecular complexity index is 190. The molecule has 0 aromatic rings. The molecule has 0 spiro atoms.